The van der Waals surface area contributed by atoms with E-state index < -0.39 is 0 Å². The first-order valence-electron chi connectivity index (χ1n) is 6.83. The van der Waals surface area contributed by atoms with Crippen LogP contribution < -0.4 is 5.73 Å². The van der Waals surface area contributed by atoms with Crippen molar-refractivity contribution in [1.29, 1.82) is 0 Å². The van der Waals surface area contributed by atoms with E-state index in [1.807, 2.05) is 37.3 Å². The third kappa shape index (κ3) is 1.92. The molecular formula is C17H14N4. The molecule has 4 heteroatoms. The molecule has 0 spiro atoms. The maximum absolute atomic E-state index is 6.19. The SMILES string of the molecule is Cc1ccc2[nH]c(-c3cc4ccccc4cc3N)nc2n1. The first-order valence-corrected chi connectivity index (χ1v) is 6.83. The Kier molecular flexibility index (Phi) is 2.44. The van der Waals surface area contributed by atoms with E-state index in [2.05, 4.69) is 33.2 Å². The van der Waals surface area contributed by atoms with Crippen molar-refractivity contribution in [2.45, 2.75) is 6.92 Å². The molecule has 4 aromatic rings. The number of aromatic amines is 1. The highest BCUT2D eigenvalue weighted by Crippen LogP contribution is 2.29. The normalized spacial score (nSPS) is 11.3. The summed E-state index contributed by atoms with van der Waals surface area (Å²) in [5.74, 6) is 0.756. The maximum Gasteiger partial charge on any atom is 0.178 e. The topological polar surface area (TPSA) is 67.6 Å². The second-order valence-corrected chi connectivity index (χ2v) is 5.20. The number of nitrogens with one attached hydrogen (secondary N) is 1. The summed E-state index contributed by atoms with van der Waals surface area (Å²) in [6.07, 6.45) is 0. The third-order valence-corrected chi connectivity index (χ3v) is 3.66. The van der Waals surface area contributed by atoms with Crippen LogP contribution in [-0.2, 0) is 0 Å². The molecule has 3 N–H and O–H groups in total. The van der Waals surface area contributed by atoms with E-state index in [1.165, 1.54) is 0 Å². The lowest BCUT2D eigenvalue weighted by Crippen LogP contribution is -1.92. The molecule has 0 aliphatic carbocycles. The smallest absolute Gasteiger partial charge is 0.178 e. The van der Waals surface area contributed by atoms with Crippen LogP contribution in [0, 0.1) is 6.92 Å². The highest BCUT2D eigenvalue weighted by molar-refractivity contribution is 5.93. The molecule has 4 rings (SSSR count). The van der Waals surface area contributed by atoms with Gasteiger partial charge in [0.05, 0.1) is 5.52 Å². The van der Waals surface area contributed by atoms with Gasteiger partial charge in [0.15, 0.2) is 5.65 Å². The van der Waals surface area contributed by atoms with Crippen LogP contribution in [0.1, 0.15) is 5.69 Å². The molecule has 0 saturated carbocycles. The highest BCUT2D eigenvalue weighted by atomic mass is 15.0. The predicted molar refractivity (Wildman–Crippen MR) is 86.0 cm³/mol. The van der Waals surface area contributed by atoms with Gasteiger partial charge in [-0.3, -0.25) is 0 Å². The summed E-state index contributed by atoms with van der Waals surface area (Å²) >= 11 is 0. The predicted octanol–water partition coefficient (Wildman–Crippen LogP) is 3.67. The number of rotatable bonds is 1. The number of nitrogens with two attached hydrogens (primary N) is 1. The van der Waals surface area contributed by atoms with Crippen molar-refractivity contribution in [3.8, 4) is 11.4 Å². The Labute approximate surface area is 121 Å². The standard InChI is InChI=1S/C17H14N4/c1-10-6-7-15-17(19-10)21-16(20-15)13-8-11-4-2-3-5-12(11)9-14(13)18/h2-9H,18H2,1H3,(H,19,20,21). The molecule has 0 bridgehead atoms. The molecule has 102 valence electrons. The van der Waals surface area contributed by atoms with E-state index in [1.54, 1.807) is 0 Å². The van der Waals surface area contributed by atoms with Gasteiger partial charge in [0, 0.05) is 16.9 Å². The lowest BCUT2D eigenvalue weighted by molar-refractivity contribution is 1.22. The summed E-state index contributed by atoms with van der Waals surface area (Å²) in [6, 6.07) is 16.2. The van der Waals surface area contributed by atoms with Gasteiger partial charge in [0.1, 0.15) is 5.82 Å². The second kappa shape index (κ2) is 4.31. The van der Waals surface area contributed by atoms with E-state index in [4.69, 9.17) is 5.73 Å². The summed E-state index contributed by atoms with van der Waals surface area (Å²) in [4.78, 5) is 12.3. The second-order valence-electron chi connectivity index (χ2n) is 5.20. The maximum atomic E-state index is 6.19. The first kappa shape index (κ1) is 11.9. The van der Waals surface area contributed by atoms with Crippen molar-refractivity contribution in [3.63, 3.8) is 0 Å². The molecular weight excluding hydrogens is 260 g/mol. The van der Waals surface area contributed by atoms with E-state index in [-0.39, 0.29) is 0 Å². The number of aryl methyl sites for hydroxylation is 1. The van der Waals surface area contributed by atoms with Crippen LogP contribution in [0.4, 0.5) is 5.69 Å². The number of hydrogen-bond donors (Lipinski definition) is 2. The van der Waals surface area contributed by atoms with Crippen molar-refractivity contribution in [2.24, 2.45) is 0 Å². The van der Waals surface area contributed by atoms with Crippen LogP contribution in [0.2, 0.25) is 0 Å². The van der Waals surface area contributed by atoms with E-state index in [0.717, 1.165) is 39.0 Å². The van der Waals surface area contributed by atoms with Gasteiger partial charge in [0.2, 0.25) is 0 Å². The molecule has 0 saturated heterocycles. The number of benzene rings is 2. The van der Waals surface area contributed by atoms with Gasteiger partial charge in [-0.1, -0.05) is 24.3 Å². The molecule has 0 fully saturated rings. The fourth-order valence-corrected chi connectivity index (χ4v) is 2.58. The molecule has 0 unspecified atom stereocenters. The summed E-state index contributed by atoms with van der Waals surface area (Å²) in [7, 11) is 0. The van der Waals surface area contributed by atoms with Crippen LogP contribution in [0.5, 0.6) is 0 Å². The van der Waals surface area contributed by atoms with Gasteiger partial charge in [-0.05, 0) is 42.0 Å². The zero-order valence-electron chi connectivity index (χ0n) is 11.6. The van der Waals surface area contributed by atoms with Crippen molar-refractivity contribution in [3.05, 3.63) is 54.2 Å². The number of pyridine rings is 1. The molecule has 2 heterocycles. The number of fused-ring (bicyclic) bond motifs is 2. The van der Waals surface area contributed by atoms with Gasteiger partial charge in [0.25, 0.3) is 0 Å². The molecule has 2 aromatic heterocycles. The van der Waals surface area contributed by atoms with E-state index in [0.29, 0.717) is 5.69 Å². The molecule has 0 aliphatic rings. The summed E-state index contributed by atoms with van der Waals surface area (Å²) in [5, 5.41) is 2.27. The first-order chi connectivity index (χ1) is 10.2. The molecule has 4 nitrogen and oxygen atoms in total. The quantitative estimate of drug-likeness (QED) is 0.520. The van der Waals surface area contributed by atoms with Crippen molar-refractivity contribution >= 4 is 27.6 Å². The Balaban J connectivity index is 1.96. The Morgan fingerprint density at radius 1 is 0.952 bits per heavy atom. The van der Waals surface area contributed by atoms with Gasteiger partial charge in [-0.15, -0.1) is 0 Å². The number of anilines is 1. The van der Waals surface area contributed by atoms with Gasteiger partial charge >= 0.3 is 0 Å². The lowest BCUT2D eigenvalue weighted by atomic mass is 10.0. The number of hydrogen-bond acceptors (Lipinski definition) is 3. The number of aromatic nitrogens is 3. The van der Waals surface area contributed by atoms with E-state index in [9.17, 15) is 0 Å². The Morgan fingerprint density at radius 2 is 1.71 bits per heavy atom. The lowest BCUT2D eigenvalue weighted by Gasteiger charge is -2.05. The Hall–Kier alpha value is -2.88. The van der Waals surface area contributed by atoms with Crippen molar-refractivity contribution in [2.75, 3.05) is 5.73 Å². The molecule has 2 aromatic carbocycles. The van der Waals surface area contributed by atoms with Crippen LogP contribution >= 0.6 is 0 Å². The zero-order valence-corrected chi connectivity index (χ0v) is 11.6. The summed E-state index contributed by atoms with van der Waals surface area (Å²) in [5.41, 5.74) is 10.4. The summed E-state index contributed by atoms with van der Waals surface area (Å²) in [6.45, 7) is 1.96. The van der Waals surface area contributed by atoms with Gasteiger partial charge in [-0.2, -0.15) is 0 Å². The van der Waals surface area contributed by atoms with Crippen LogP contribution in [0.15, 0.2) is 48.5 Å². The minimum atomic E-state index is 0.712. The minimum Gasteiger partial charge on any atom is -0.398 e. The molecule has 21 heavy (non-hydrogen) atoms. The van der Waals surface area contributed by atoms with Gasteiger partial charge < -0.3 is 10.7 Å². The molecule has 0 radical (unpaired) electrons. The average Bonchev–Trinajstić information content (AvgIpc) is 2.89. The number of nitrogens with zero attached hydrogens (tertiary/aromatic N) is 2. The number of H-pyrrole nitrogens is 1. The number of nitrogen functional groups attached to an aromatic ring is 1. The Morgan fingerprint density at radius 3 is 2.52 bits per heavy atom. The van der Waals surface area contributed by atoms with Crippen LogP contribution in [0.3, 0.4) is 0 Å². The van der Waals surface area contributed by atoms with Crippen LogP contribution in [-0.4, -0.2) is 15.0 Å². The van der Waals surface area contributed by atoms with Crippen molar-refractivity contribution < 1.29 is 0 Å². The fourth-order valence-electron chi connectivity index (χ4n) is 2.58. The Bertz CT molecular complexity index is 969. The molecule has 0 aliphatic heterocycles. The fraction of sp³-hybridized carbons (Fsp3) is 0.0588. The minimum absolute atomic E-state index is 0.712. The van der Waals surface area contributed by atoms with Crippen molar-refractivity contribution in [1.82, 2.24) is 15.0 Å². The largest absolute Gasteiger partial charge is 0.398 e. The van der Waals surface area contributed by atoms with Gasteiger partial charge in [-0.25, -0.2) is 9.97 Å². The number of imidazole rings is 1. The average molecular weight is 274 g/mol. The van der Waals surface area contributed by atoms with E-state index >= 15 is 0 Å². The summed E-state index contributed by atoms with van der Waals surface area (Å²) < 4.78 is 0. The van der Waals surface area contributed by atoms with Crippen LogP contribution in [0.25, 0.3) is 33.3 Å². The molecule has 0 amide bonds. The third-order valence-electron chi connectivity index (χ3n) is 3.66. The molecule has 0 atom stereocenters. The zero-order chi connectivity index (χ0) is 14.4. The monoisotopic (exact) mass is 274 g/mol. The highest BCUT2D eigenvalue weighted by Gasteiger charge is 2.10.